The molecule has 0 radical (unpaired) electrons. The van der Waals surface area contributed by atoms with Gasteiger partial charge < -0.3 is 9.88 Å². The van der Waals surface area contributed by atoms with Crippen LogP contribution in [0.5, 0.6) is 0 Å². The van der Waals surface area contributed by atoms with E-state index in [4.69, 9.17) is 16.6 Å². The standard InChI is InChI=1S/C29H34ClN5O/c1-4-33(3)27(31-2)29(18-28(19-29)10-11-28)20-8-7-9-22(14-20)35-17-24(30)23-15-21(32-25(23)26(35)36)16-34-12-5-6-13-34/h4,7-9,14-15,17,32H,1,5-6,10-13,16,18-19H2,2-3H3. The molecule has 3 aliphatic rings. The Hall–Kier alpha value is -2.83. The molecule has 2 saturated carbocycles. The highest BCUT2D eigenvalue weighted by Gasteiger charge is 2.63. The molecule has 188 valence electrons. The maximum absolute atomic E-state index is 13.6. The van der Waals surface area contributed by atoms with Crippen molar-refractivity contribution < 1.29 is 0 Å². The van der Waals surface area contributed by atoms with E-state index in [1.807, 2.05) is 43.4 Å². The third-order valence-corrected chi connectivity index (χ3v) is 8.94. The number of fused-ring (bicyclic) bond motifs is 1. The summed E-state index contributed by atoms with van der Waals surface area (Å²) in [6.45, 7) is 7.00. The van der Waals surface area contributed by atoms with Crippen molar-refractivity contribution in [3.63, 3.8) is 0 Å². The average molecular weight is 504 g/mol. The summed E-state index contributed by atoms with van der Waals surface area (Å²) in [6.07, 6.45) is 10.8. The van der Waals surface area contributed by atoms with Crippen molar-refractivity contribution in [2.24, 2.45) is 10.4 Å². The Morgan fingerprint density at radius 1 is 1.25 bits per heavy atom. The molecule has 1 spiro atoms. The second-order valence-electron chi connectivity index (χ2n) is 11.0. The normalized spacial score (nSPS) is 20.6. The van der Waals surface area contributed by atoms with Gasteiger partial charge in [-0.15, -0.1) is 0 Å². The van der Waals surface area contributed by atoms with Gasteiger partial charge in [0.2, 0.25) is 0 Å². The van der Waals surface area contributed by atoms with Crippen LogP contribution in [0, 0.1) is 5.41 Å². The number of pyridine rings is 1. The van der Waals surface area contributed by atoms with Crippen molar-refractivity contribution in [3.05, 3.63) is 75.9 Å². The fourth-order valence-electron chi connectivity index (χ4n) is 6.69. The lowest BCUT2D eigenvalue weighted by Gasteiger charge is -2.51. The molecule has 6 rings (SSSR count). The van der Waals surface area contributed by atoms with Gasteiger partial charge in [-0.1, -0.05) is 30.3 Å². The highest BCUT2D eigenvalue weighted by Crippen LogP contribution is 2.69. The Morgan fingerprint density at radius 2 is 2.00 bits per heavy atom. The molecule has 3 aromatic rings. The van der Waals surface area contributed by atoms with Crippen LogP contribution in [0.15, 0.2) is 59.1 Å². The van der Waals surface area contributed by atoms with Crippen molar-refractivity contribution in [2.45, 2.75) is 50.5 Å². The third-order valence-electron chi connectivity index (χ3n) is 8.63. The molecule has 3 heterocycles. The van der Waals surface area contributed by atoms with Gasteiger partial charge in [0.25, 0.3) is 5.56 Å². The van der Waals surface area contributed by atoms with Gasteiger partial charge in [0.15, 0.2) is 0 Å². The van der Waals surface area contributed by atoms with Gasteiger partial charge in [-0.3, -0.25) is 19.3 Å². The molecule has 2 aliphatic carbocycles. The molecule has 3 fully saturated rings. The minimum Gasteiger partial charge on any atom is -0.353 e. The lowest BCUT2D eigenvalue weighted by Crippen LogP contribution is -2.53. The number of aromatic nitrogens is 2. The zero-order chi connectivity index (χ0) is 25.1. The van der Waals surface area contributed by atoms with Crippen molar-refractivity contribution >= 4 is 28.3 Å². The summed E-state index contributed by atoms with van der Waals surface area (Å²) in [5.41, 5.74) is 3.84. The Labute approximate surface area is 217 Å². The molecule has 7 heteroatoms. The van der Waals surface area contributed by atoms with E-state index in [9.17, 15) is 4.79 Å². The monoisotopic (exact) mass is 503 g/mol. The molecule has 0 bridgehead atoms. The highest BCUT2D eigenvalue weighted by molar-refractivity contribution is 6.35. The molecule has 6 nitrogen and oxygen atoms in total. The van der Waals surface area contributed by atoms with Gasteiger partial charge in [0.05, 0.1) is 10.4 Å². The van der Waals surface area contributed by atoms with E-state index in [1.165, 1.54) is 31.2 Å². The van der Waals surface area contributed by atoms with Crippen LogP contribution in [-0.2, 0) is 12.0 Å². The Balaban J connectivity index is 1.40. The molecule has 1 aliphatic heterocycles. The largest absolute Gasteiger partial charge is 0.353 e. The second-order valence-corrected chi connectivity index (χ2v) is 11.5. The molecule has 1 N–H and O–H groups in total. The van der Waals surface area contributed by atoms with Gasteiger partial charge in [0.1, 0.15) is 11.4 Å². The minimum absolute atomic E-state index is 0.0758. The lowest BCUT2D eigenvalue weighted by atomic mass is 9.55. The van der Waals surface area contributed by atoms with Crippen molar-refractivity contribution in [1.82, 2.24) is 19.4 Å². The zero-order valence-corrected chi connectivity index (χ0v) is 21.9. The maximum atomic E-state index is 13.6. The van der Waals surface area contributed by atoms with Crippen molar-refractivity contribution in [1.29, 1.82) is 0 Å². The number of amidine groups is 1. The number of rotatable bonds is 6. The van der Waals surface area contributed by atoms with Crippen molar-refractivity contribution in [2.75, 3.05) is 27.2 Å². The molecular formula is C29H34ClN5O. The number of likely N-dealkylation sites (tertiary alicyclic amines) is 1. The highest BCUT2D eigenvalue weighted by atomic mass is 35.5. The number of likely N-dealkylation sites (N-methyl/N-ethyl adjacent to an activating group) is 1. The molecule has 2 aromatic heterocycles. The van der Waals surface area contributed by atoms with Crippen LogP contribution in [0.2, 0.25) is 5.02 Å². The fraction of sp³-hybridized carbons (Fsp3) is 0.448. The Morgan fingerprint density at radius 3 is 2.67 bits per heavy atom. The van der Waals surface area contributed by atoms with Crippen LogP contribution >= 0.6 is 11.6 Å². The molecule has 0 amide bonds. The average Bonchev–Trinajstić information content (AvgIpc) is 3.26. The summed E-state index contributed by atoms with van der Waals surface area (Å²) in [7, 11) is 3.88. The number of aliphatic imine (C=N–C) groups is 1. The van der Waals surface area contributed by atoms with Gasteiger partial charge in [-0.25, -0.2) is 0 Å². The molecule has 1 aromatic carbocycles. The van der Waals surface area contributed by atoms with Gasteiger partial charge >= 0.3 is 0 Å². The Bertz CT molecular complexity index is 1420. The maximum Gasteiger partial charge on any atom is 0.279 e. The second kappa shape index (κ2) is 8.63. The number of hydrogen-bond acceptors (Lipinski definition) is 3. The van der Waals surface area contributed by atoms with Crippen LogP contribution in [0.25, 0.3) is 16.6 Å². The fourth-order valence-corrected chi connectivity index (χ4v) is 6.93. The summed E-state index contributed by atoms with van der Waals surface area (Å²) < 4.78 is 1.68. The first-order valence-corrected chi connectivity index (χ1v) is 13.3. The topological polar surface area (TPSA) is 56.6 Å². The zero-order valence-electron chi connectivity index (χ0n) is 21.2. The third kappa shape index (κ3) is 3.73. The van der Waals surface area contributed by atoms with E-state index in [2.05, 4.69) is 28.6 Å². The predicted molar refractivity (Wildman–Crippen MR) is 147 cm³/mol. The summed E-state index contributed by atoms with van der Waals surface area (Å²) in [5, 5.41) is 1.37. The SMILES string of the molecule is C=CN(C)C(=NC)C1(c2cccc(-n3cc(Cl)c4cc(CN5CCCC5)[nH]c4c3=O)c2)CC2(CC2)C1. The first-order chi connectivity index (χ1) is 17.4. The van der Waals surface area contributed by atoms with Crippen molar-refractivity contribution in [3.8, 4) is 5.69 Å². The summed E-state index contributed by atoms with van der Waals surface area (Å²) in [6, 6.07) is 10.4. The van der Waals surface area contributed by atoms with Gasteiger partial charge in [-0.05, 0) is 87.0 Å². The smallest absolute Gasteiger partial charge is 0.279 e. The van der Waals surface area contributed by atoms with E-state index >= 15 is 0 Å². The molecular weight excluding hydrogens is 470 g/mol. The lowest BCUT2D eigenvalue weighted by molar-refractivity contribution is 0.173. The number of aromatic amines is 1. The van der Waals surface area contributed by atoms with Crippen LogP contribution in [0.4, 0.5) is 0 Å². The number of hydrogen-bond donors (Lipinski definition) is 1. The number of H-pyrrole nitrogens is 1. The van der Waals surface area contributed by atoms with Crippen LogP contribution < -0.4 is 5.56 Å². The molecule has 0 unspecified atom stereocenters. The van der Waals surface area contributed by atoms with Crippen LogP contribution in [-0.4, -0.2) is 52.4 Å². The number of benzene rings is 1. The summed E-state index contributed by atoms with van der Waals surface area (Å²) in [4.78, 5) is 26.2. The first-order valence-electron chi connectivity index (χ1n) is 13.0. The molecule has 1 saturated heterocycles. The predicted octanol–water partition coefficient (Wildman–Crippen LogP) is 5.48. The van der Waals surface area contributed by atoms with E-state index in [-0.39, 0.29) is 11.0 Å². The van der Waals surface area contributed by atoms with E-state index in [0.717, 1.165) is 55.1 Å². The van der Waals surface area contributed by atoms with Crippen LogP contribution in [0.3, 0.4) is 0 Å². The van der Waals surface area contributed by atoms with Gasteiger partial charge in [-0.2, -0.15) is 0 Å². The number of nitrogens with zero attached hydrogens (tertiary/aromatic N) is 4. The summed E-state index contributed by atoms with van der Waals surface area (Å²) in [5.74, 6) is 1.03. The van der Waals surface area contributed by atoms with E-state index in [1.54, 1.807) is 10.8 Å². The number of nitrogens with one attached hydrogen (secondary N) is 1. The molecule has 0 atom stereocenters. The van der Waals surface area contributed by atoms with Crippen LogP contribution in [0.1, 0.15) is 49.8 Å². The van der Waals surface area contributed by atoms with Gasteiger partial charge in [0, 0.05) is 43.6 Å². The minimum atomic E-state index is -0.170. The summed E-state index contributed by atoms with van der Waals surface area (Å²) >= 11 is 6.73. The number of halogens is 1. The first kappa shape index (κ1) is 23.6. The Kier molecular flexibility index (Phi) is 5.65. The quantitative estimate of drug-likeness (QED) is 0.358. The van der Waals surface area contributed by atoms with E-state index in [0.29, 0.717) is 16.0 Å². The van der Waals surface area contributed by atoms with E-state index < -0.39 is 0 Å². The molecule has 36 heavy (non-hydrogen) atoms.